The van der Waals surface area contributed by atoms with E-state index in [2.05, 4.69) is 16.0 Å². The number of benzene rings is 1. The minimum atomic E-state index is -0.760. The molecule has 0 spiro atoms. The van der Waals surface area contributed by atoms with Gasteiger partial charge in [0, 0.05) is 13.1 Å². The van der Waals surface area contributed by atoms with Gasteiger partial charge in [-0.25, -0.2) is 4.79 Å². The number of ether oxygens (including phenoxy) is 1. The molecule has 0 bridgehead atoms. The molecule has 1 aromatic rings. The van der Waals surface area contributed by atoms with Gasteiger partial charge in [-0.2, -0.15) is 0 Å². The highest BCUT2D eigenvalue weighted by Crippen LogP contribution is 2.18. The minimum absolute atomic E-state index is 0.265. The van der Waals surface area contributed by atoms with Gasteiger partial charge in [-0.15, -0.1) is 0 Å². The SMILES string of the molecule is CN[C@@H](Cc1ccccc1)C(=O)N[C@@H](CCCCNC(=O)OC(C)(C)C)C(=O)N1CCC[C@H]1[C]=O. The van der Waals surface area contributed by atoms with Gasteiger partial charge in [0.2, 0.25) is 18.1 Å². The van der Waals surface area contributed by atoms with E-state index in [0.717, 1.165) is 12.0 Å². The van der Waals surface area contributed by atoms with Crippen LogP contribution in [0.15, 0.2) is 30.3 Å². The van der Waals surface area contributed by atoms with Crippen molar-refractivity contribution in [2.24, 2.45) is 0 Å². The fraction of sp³-hybridized carbons (Fsp3) is 0.615. The third-order valence-electron chi connectivity index (χ3n) is 5.82. The number of unbranched alkanes of at least 4 members (excludes halogenated alkanes) is 1. The second kappa shape index (κ2) is 13.8. The number of hydrogen-bond acceptors (Lipinski definition) is 6. The van der Waals surface area contributed by atoms with Gasteiger partial charge in [-0.1, -0.05) is 30.3 Å². The number of likely N-dealkylation sites (N-methyl/N-ethyl adjacent to an activating group) is 1. The third kappa shape index (κ3) is 9.68. The summed E-state index contributed by atoms with van der Waals surface area (Å²) in [5.74, 6) is -0.536. The van der Waals surface area contributed by atoms with Gasteiger partial charge in [-0.05, 0) is 71.9 Å². The van der Waals surface area contributed by atoms with Crippen molar-refractivity contribution in [2.75, 3.05) is 20.1 Å². The zero-order chi connectivity index (χ0) is 25.8. The largest absolute Gasteiger partial charge is 0.444 e. The molecule has 9 nitrogen and oxygen atoms in total. The Bertz CT molecular complexity index is 840. The molecule has 3 amide bonds. The predicted octanol–water partition coefficient (Wildman–Crippen LogP) is 2.10. The summed E-state index contributed by atoms with van der Waals surface area (Å²) >= 11 is 0. The van der Waals surface area contributed by atoms with Crippen molar-refractivity contribution in [2.45, 2.75) is 83.0 Å². The molecule has 1 saturated heterocycles. The summed E-state index contributed by atoms with van der Waals surface area (Å²) < 4.78 is 5.22. The molecule has 9 heteroatoms. The molecule has 1 radical (unpaired) electrons. The molecular formula is C26H39N4O5. The smallest absolute Gasteiger partial charge is 0.407 e. The van der Waals surface area contributed by atoms with Crippen molar-refractivity contribution in [3.63, 3.8) is 0 Å². The van der Waals surface area contributed by atoms with E-state index in [0.29, 0.717) is 45.2 Å². The van der Waals surface area contributed by atoms with Gasteiger partial charge < -0.3 is 25.6 Å². The lowest BCUT2D eigenvalue weighted by Gasteiger charge is -2.28. The number of amides is 3. The first kappa shape index (κ1) is 28.3. The summed E-state index contributed by atoms with van der Waals surface area (Å²) in [6.45, 7) is 6.26. The molecule has 0 aromatic heterocycles. The molecule has 1 aliphatic rings. The minimum Gasteiger partial charge on any atom is -0.444 e. The summed E-state index contributed by atoms with van der Waals surface area (Å²) in [6.07, 6.45) is 4.87. The highest BCUT2D eigenvalue weighted by Gasteiger charge is 2.34. The Hall–Kier alpha value is -2.94. The van der Waals surface area contributed by atoms with E-state index in [4.69, 9.17) is 4.74 Å². The molecule has 0 unspecified atom stereocenters. The Kier molecular flexibility index (Phi) is 11.2. The lowest BCUT2D eigenvalue weighted by molar-refractivity contribution is -0.137. The van der Waals surface area contributed by atoms with Gasteiger partial charge >= 0.3 is 6.09 Å². The van der Waals surface area contributed by atoms with Gasteiger partial charge in [0.05, 0.1) is 12.1 Å². The Morgan fingerprint density at radius 2 is 1.86 bits per heavy atom. The first-order valence-electron chi connectivity index (χ1n) is 12.3. The third-order valence-corrected chi connectivity index (χ3v) is 5.82. The van der Waals surface area contributed by atoms with Crippen LogP contribution in [0.1, 0.15) is 58.4 Å². The van der Waals surface area contributed by atoms with E-state index < -0.39 is 29.8 Å². The van der Waals surface area contributed by atoms with Crippen molar-refractivity contribution in [1.82, 2.24) is 20.9 Å². The zero-order valence-corrected chi connectivity index (χ0v) is 21.3. The quantitative estimate of drug-likeness (QED) is 0.389. The summed E-state index contributed by atoms with van der Waals surface area (Å²) in [5.41, 5.74) is 0.436. The summed E-state index contributed by atoms with van der Waals surface area (Å²) in [5, 5.41) is 8.64. The average molecular weight is 488 g/mol. The van der Waals surface area contributed by atoms with E-state index in [1.54, 1.807) is 27.8 Å². The van der Waals surface area contributed by atoms with E-state index in [1.165, 1.54) is 4.90 Å². The van der Waals surface area contributed by atoms with Crippen LogP contribution in [-0.4, -0.2) is 73.0 Å². The van der Waals surface area contributed by atoms with Gasteiger partial charge in [0.15, 0.2) is 0 Å². The van der Waals surface area contributed by atoms with Crippen molar-refractivity contribution in [3.8, 4) is 0 Å². The van der Waals surface area contributed by atoms with E-state index in [1.807, 2.05) is 36.6 Å². The lowest BCUT2D eigenvalue weighted by Crippen LogP contribution is -2.54. The molecule has 3 atom stereocenters. The number of rotatable bonds is 12. The van der Waals surface area contributed by atoms with E-state index in [-0.39, 0.29) is 11.8 Å². The highest BCUT2D eigenvalue weighted by molar-refractivity contribution is 5.91. The summed E-state index contributed by atoms with van der Waals surface area (Å²) in [7, 11) is 1.71. The van der Waals surface area contributed by atoms with Crippen molar-refractivity contribution in [3.05, 3.63) is 35.9 Å². The van der Waals surface area contributed by atoms with Crippen LogP contribution in [0.5, 0.6) is 0 Å². The number of likely N-dealkylation sites (tertiary alicyclic amines) is 1. The molecule has 1 aromatic carbocycles. The molecule has 193 valence electrons. The topological polar surface area (TPSA) is 117 Å². The Morgan fingerprint density at radius 3 is 2.49 bits per heavy atom. The molecular weight excluding hydrogens is 448 g/mol. The molecule has 35 heavy (non-hydrogen) atoms. The van der Waals surface area contributed by atoms with Crippen LogP contribution in [0.25, 0.3) is 0 Å². The zero-order valence-electron chi connectivity index (χ0n) is 21.3. The molecule has 1 aliphatic heterocycles. The van der Waals surface area contributed by atoms with E-state index >= 15 is 0 Å². The normalized spacial score (nSPS) is 17.4. The van der Waals surface area contributed by atoms with Crippen LogP contribution in [0.2, 0.25) is 0 Å². The van der Waals surface area contributed by atoms with Gasteiger partial charge in [0.25, 0.3) is 0 Å². The Labute approximate surface area is 208 Å². The fourth-order valence-electron chi connectivity index (χ4n) is 4.04. The first-order chi connectivity index (χ1) is 16.6. The predicted molar refractivity (Wildman–Crippen MR) is 133 cm³/mol. The number of hydrogen-bond donors (Lipinski definition) is 3. The monoisotopic (exact) mass is 487 g/mol. The lowest BCUT2D eigenvalue weighted by atomic mass is 10.0. The number of carbonyl (C=O) groups is 3. The van der Waals surface area contributed by atoms with Crippen LogP contribution >= 0.6 is 0 Å². The molecule has 0 saturated carbocycles. The summed E-state index contributed by atoms with van der Waals surface area (Å²) in [4.78, 5) is 51.0. The Morgan fingerprint density at radius 1 is 1.14 bits per heavy atom. The molecule has 0 aliphatic carbocycles. The highest BCUT2D eigenvalue weighted by atomic mass is 16.6. The average Bonchev–Trinajstić information content (AvgIpc) is 3.29. The number of carbonyl (C=O) groups excluding carboxylic acids is 4. The first-order valence-corrected chi connectivity index (χ1v) is 12.3. The number of alkyl carbamates (subject to hydrolysis) is 1. The molecule has 1 heterocycles. The molecule has 3 N–H and O–H groups in total. The second-order valence-electron chi connectivity index (χ2n) is 9.82. The summed E-state index contributed by atoms with van der Waals surface area (Å²) in [6, 6.07) is 7.82. The van der Waals surface area contributed by atoms with Crippen LogP contribution in [0.4, 0.5) is 4.79 Å². The maximum Gasteiger partial charge on any atom is 0.407 e. The van der Waals surface area contributed by atoms with Gasteiger partial charge in [-0.3, -0.25) is 14.4 Å². The van der Waals surface area contributed by atoms with Crippen molar-refractivity contribution < 1.29 is 23.9 Å². The second-order valence-corrected chi connectivity index (χ2v) is 9.82. The van der Waals surface area contributed by atoms with Crippen LogP contribution in [0, 0.1) is 0 Å². The number of nitrogens with zero attached hydrogens (tertiary/aromatic N) is 1. The standard InChI is InChI=1S/C26H39N4O5/c1-26(2,3)35-25(34)28-15-9-8-14-21(24(33)30-16-10-13-20(30)18-31)29-23(32)22(27-4)17-19-11-6-5-7-12-19/h5-7,11-12,20-22,27H,8-10,13-17H2,1-4H3,(H,28,34)(H,29,32)/t20-,21-,22-/m0/s1. The number of nitrogens with one attached hydrogen (secondary N) is 3. The maximum absolute atomic E-state index is 13.3. The van der Waals surface area contributed by atoms with Crippen LogP contribution in [-0.2, 0) is 25.5 Å². The van der Waals surface area contributed by atoms with Crippen LogP contribution < -0.4 is 16.0 Å². The molecule has 2 rings (SSSR count). The Balaban J connectivity index is 1.97. The van der Waals surface area contributed by atoms with Gasteiger partial charge in [0.1, 0.15) is 11.6 Å². The van der Waals surface area contributed by atoms with Crippen molar-refractivity contribution >= 4 is 24.2 Å². The van der Waals surface area contributed by atoms with Crippen molar-refractivity contribution in [1.29, 1.82) is 0 Å². The fourth-order valence-corrected chi connectivity index (χ4v) is 4.04. The van der Waals surface area contributed by atoms with E-state index in [9.17, 15) is 19.2 Å². The maximum atomic E-state index is 13.3. The molecule has 1 fully saturated rings. The van der Waals surface area contributed by atoms with Crippen LogP contribution in [0.3, 0.4) is 0 Å².